The van der Waals surface area contributed by atoms with Crippen molar-refractivity contribution in [3.05, 3.63) is 53.4 Å². The Hall–Kier alpha value is -1.75. The number of aliphatic hydroxyl groups is 1. The van der Waals surface area contributed by atoms with Gasteiger partial charge in [0, 0.05) is 18.2 Å². The van der Waals surface area contributed by atoms with E-state index in [1.807, 2.05) is 16.9 Å². The Morgan fingerprint density at radius 2 is 2.00 bits per heavy atom. The first-order chi connectivity index (χ1) is 10.1. The number of nitrogens with zero attached hydrogens (tertiary/aromatic N) is 2. The number of rotatable bonds is 4. The second-order valence-corrected chi connectivity index (χ2v) is 5.61. The van der Waals surface area contributed by atoms with Crippen molar-refractivity contribution in [1.29, 1.82) is 0 Å². The molecule has 1 atom stereocenters. The standard InChI is InChI=1S/C16H18F2N2O/c17-11-5-6-15(18)14(9-11)16(21)10-12-7-8-20(19-12)13-3-1-2-4-13/h5-9,13,16,21H,1-4,10H2. The van der Waals surface area contributed by atoms with Gasteiger partial charge in [-0.1, -0.05) is 12.8 Å². The molecule has 1 saturated carbocycles. The van der Waals surface area contributed by atoms with Gasteiger partial charge < -0.3 is 5.11 Å². The van der Waals surface area contributed by atoms with E-state index in [0.717, 1.165) is 31.0 Å². The summed E-state index contributed by atoms with van der Waals surface area (Å²) in [7, 11) is 0. The third-order valence-electron chi connectivity index (χ3n) is 4.08. The van der Waals surface area contributed by atoms with Crippen LogP contribution in [0.25, 0.3) is 0 Å². The molecule has 0 aliphatic heterocycles. The Morgan fingerprint density at radius 1 is 1.24 bits per heavy atom. The first-order valence-corrected chi connectivity index (χ1v) is 7.30. The molecule has 112 valence electrons. The molecule has 0 spiro atoms. The van der Waals surface area contributed by atoms with Gasteiger partial charge in [0.15, 0.2) is 0 Å². The molecule has 0 bridgehead atoms. The van der Waals surface area contributed by atoms with Crippen molar-refractivity contribution < 1.29 is 13.9 Å². The molecule has 3 nitrogen and oxygen atoms in total. The van der Waals surface area contributed by atoms with Crippen molar-refractivity contribution in [3.63, 3.8) is 0 Å². The maximum atomic E-state index is 13.6. The van der Waals surface area contributed by atoms with Gasteiger partial charge in [-0.25, -0.2) is 8.78 Å². The van der Waals surface area contributed by atoms with Crippen molar-refractivity contribution in [2.45, 2.75) is 44.2 Å². The second-order valence-electron chi connectivity index (χ2n) is 5.61. The molecule has 3 rings (SSSR count). The van der Waals surface area contributed by atoms with E-state index in [0.29, 0.717) is 11.7 Å². The van der Waals surface area contributed by atoms with Crippen molar-refractivity contribution in [1.82, 2.24) is 9.78 Å². The lowest BCUT2D eigenvalue weighted by Gasteiger charge is -2.11. The van der Waals surface area contributed by atoms with Gasteiger partial charge in [-0.15, -0.1) is 0 Å². The van der Waals surface area contributed by atoms with Crippen molar-refractivity contribution in [3.8, 4) is 0 Å². The lowest BCUT2D eigenvalue weighted by molar-refractivity contribution is 0.171. The Kier molecular flexibility index (Phi) is 4.01. The van der Waals surface area contributed by atoms with Crippen LogP contribution >= 0.6 is 0 Å². The molecule has 1 aromatic heterocycles. The van der Waals surface area contributed by atoms with Crippen LogP contribution in [0.2, 0.25) is 0 Å². The normalized spacial score (nSPS) is 17.3. The largest absolute Gasteiger partial charge is 0.388 e. The third kappa shape index (κ3) is 3.13. The molecule has 5 heteroatoms. The molecule has 2 aromatic rings. The van der Waals surface area contributed by atoms with Crippen LogP contribution in [-0.4, -0.2) is 14.9 Å². The summed E-state index contributed by atoms with van der Waals surface area (Å²) in [6, 6.07) is 5.37. The second kappa shape index (κ2) is 5.93. The molecule has 1 N–H and O–H groups in total. The molecule has 1 heterocycles. The van der Waals surface area contributed by atoms with Crippen molar-refractivity contribution in [2.24, 2.45) is 0 Å². The van der Waals surface area contributed by atoms with Gasteiger partial charge in [0.2, 0.25) is 0 Å². The lowest BCUT2D eigenvalue weighted by atomic mass is 10.0. The minimum atomic E-state index is -1.09. The summed E-state index contributed by atoms with van der Waals surface area (Å²) in [5.41, 5.74) is 0.670. The van der Waals surface area contributed by atoms with E-state index >= 15 is 0 Å². The third-order valence-corrected chi connectivity index (χ3v) is 4.08. The first-order valence-electron chi connectivity index (χ1n) is 7.30. The molecule has 1 unspecified atom stereocenters. The van der Waals surface area contributed by atoms with Crippen molar-refractivity contribution >= 4 is 0 Å². The molecular weight excluding hydrogens is 274 g/mol. The summed E-state index contributed by atoms with van der Waals surface area (Å²) in [6.07, 6.45) is 5.69. The van der Waals surface area contributed by atoms with Crippen LogP contribution < -0.4 is 0 Å². The minimum absolute atomic E-state index is 0.0228. The highest BCUT2D eigenvalue weighted by Gasteiger charge is 2.19. The number of aromatic nitrogens is 2. The highest BCUT2D eigenvalue weighted by atomic mass is 19.1. The Bertz CT molecular complexity index is 620. The fourth-order valence-electron chi connectivity index (χ4n) is 2.94. The van der Waals surface area contributed by atoms with Gasteiger partial charge in [0.25, 0.3) is 0 Å². The average molecular weight is 292 g/mol. The van der Waals surface area contributed by atoms with E-state index < -0.39 is 17.7 Å². The van der Waals surface area contributed by atoms with Crippen LogP contribution in [-0.2, 0) is 6.42 Å². The number of benzene rings is 1. The van der Waals surface area contributed by atoms with Gasteiger partial charge >= 0.3 is 0 Å². The topological polar surface area (TPSA) is 38.0 Å². The van der Waals surface area contributed by atoms with Crippen LogP contribution in [0.4, 0.5) is 8.78 Å². The monoisotopic (exact) mass is 292 g/mol. The first kappa shape index (κ1) is 14.2. The van der Waals surface area contributed by atoms with E-state index in [4.69, 9.17) is 0 Å². The lowest BCUT2D eigenvalue weighted by Crippen LogP contribution is -2.08. The fourth-order valence-corrected chi connectivity index (χ4v) is 2.94. The molecular formula is C16H18F2N2O. The van der Waals surface area contributed by atoms with E-state index in [9.17, 15) is 13.9 Å². The Morgan fingerprint density at radius 3 is 2.76 bits per heavy atom. The van der Waals surface area contributed by atoms with Gasteiger partial charge in [-0.2, -0.15) is 5.10 Å². The zero-order valence-corrected chi connectivity index (χ0v) is 11.7. The predicted octanol–water partition coefficient (Wildman–Crippen LogP) is 3.55. The van der Waals surface area contributed by atoms with Gasteiger partial charge in [0.05, 0.1) is 17.8 Å². The quantitative estimate of drug-likeness (QED) is 0.935. The van der Waals surface area contributed by atoms with E-state index in [1.54, 1.807) is 0 Å². The number of hydrogen-bond acceptors (Lipinski definition) is 2. The summed E-state index contributed by atoms with van der Waals surface area (Å²) in [4.78, 5) is 0. The Labute approximate surface area is 122 Å². The van der Waals surface area contributed by atoms with Crippen LogP contribution in [0.1, 0.15) is 49.1 Å². The Balaban J connectivity index is 1.72. The maximum Gasteiger partial charge on any atom is 0.129 e. The van der Waals surface area contributed by atoms with Gasteiger partial charge in [-0.3, -0.25) is 4.68 Å². The van der Waals surface area contributed by atoms with Crippen LogP contribution in [0.3, 0.4) is 0 Å². The smallest absolute Gasteiger partial charge is 0.129 e. The van der Waals surface area contributed by atoms with E-state index in [2.05, 4.69) is 5.10 Å². The zero-order valence-electron chi connectivity index (χ0n) is 11.7. The fraction of sp³-hybridized carbons (Fsp3) is 0.438. The number of halogens is 2. The van der Waals surface area contributed by atoms with Crippen LogP contribution in [0, 0.1) is 11.6 Å². The van der Waals surface area contributed by atoms with Gasteiger partial charge in [0.1, 0.15) is 11.6 Å². The highest BCUT2D eigenvalue weighted by molar-refractivity contribution is 5.22. The summed E-state index contributed by atoms with van der Waals surface area (Å²) >= 11 is 0. The molecule has 21 heavy (non-hydrogen) atoms. The predicted molar refractivity (Wildman–Crippen MR) is 74.8 cm³/mol. The number of hydrogen-bond donors (Lipinski definition) is 1. The minimum Gasteiger partial charge on any atom is -0.388 e. The van der Waals surface area contributed by atoms with Crippen LogP contribution in [0.5, 0.6) is 0 Å². The zero-order chi connectivity index (χ0) is 14.8. The molecule has 0 radical (unpaired) electrons. The summed E-state index contributed by atoms with van der Waals surface area (Å²) < 4.78 is 28.7. The highest BCUT2D eigenvalue weighted by Crippen LogP contribution is 2.29. The SMILES string of the molecule is OC(Cc1ccn(C2CCCC2)n1)c1cc(F)ccc1F. The number of aliphatic hydroxyl groups excluding tert-OH is 1. The maximum absolute atomic E-state index is 13.6. The van der Waals surface area contributed by atoms with Crippen LogP contribution in [0.15, 0.2) is 30.5 Å². The average Bonchev–Trinajstić information content (AvgIpc) is 3.11. The van der Waals surface area contributed by atoms with Crippen molar-refractivity contribution in [2.75, 3.05) is 0 Å². The molecule has 0 saturated heterocycles. The molecule has 0 amide bonds. The molecule has 1 aliphatic rings. The van der Waals surface area contributed by atoms with Gasteiger partial charge in [-0.05, 0) is 37.1 Å². The summed E-state index contributed by atoms with van der Waals surface area (Å²) in [6.45, 7) is 0. The molecule has 1 aliphatic carbocycles. The molecule has 1 fully saturated rings. The van der Waals surface area contributed by atoms with E-state index in [-0.39, 0.29) is 12.0 Å². The summed E-state index contributed by atoms with van der Waals surface area (Å²) in [5, 5.41) is 14.5. The summed E-state index contributed by atoms with van der Waals surface area (Å²) in [5.74, 6) is -1.15. The van der Waals surface area contributed by atoms with E-state index in [1.165, 1.54) is 12.8 Å². The molecule has 1 aromatic carbocycles.